The summed E-state index contributed by atoms with van der Waals surface area (Å²) in [6.07, 6.45) is 3.06. The van der Waals surface area contributed by atoms with E-state index in [0.29, 0.717) is 30.8 Å². The normalized spacial score (nSPS) is 10.6. The Morgan fingerprint density at radius 3 is 2.71 bits per heavy atom. The molecular formula is C15H18FNO4. The Bertz CT molecular complexity index is 540. The summed E-state index contributed by atoms with van der Waals surface area (Å²) in [6, 6.07) is 3.86. The van der Waals surface area contributed by atoms with Gasteiger partial charge in [-0.05, 0) is 30.7 Å². The lowest BCUT2D eigenvalue weighted by molar-refractivity contribution is -0.131. The fourth-order valence-electron chi connectivity index (χ4n) is 1.57. The Morgan fingerprint density at radius 2 is 2.10 bits per heavy atom. The summed E-state index contributed by atoms with van der Waals surface area (Å²) in [4.78, 5) is 23.4. The zero-order valence-corrected chi connectivity index (χ0v) is 12.0. The zero-order chi connectivity index (χ0) is 15.8. The number of ether oxygens (including phenoxy) is 1. The van der Waals surface area contributed by atoms with Gasteiger partial charge in [0.2, 0.25) is 5.91 Å². The Balaban J connectivity index is 2.62. The van der Waals surface area contributed by atoms with Gasteiger partial charge in [-0.2, -0.15) is 0 Å². The van der Waals surface area contributed by atoms with Crippen molar-refractivity contribution >= 4 is 18.0 Å². The first-order valence-electron chi connectivity index (χ1n) is 6.43. The van der Waals surface area contributed by atoms with Gasteiger partial charge in [-0.1, -0.05) is 0 Å². The van der Waals surface area contributed by atoms with E-state index in [0.717, 1.165) is 6.08 Å². The second-order valence-electron chi connectivity index (χ2n) is 4.59. The van der Waals surface area contributed by atoms with Crippen LogP contribution < -0.4 is 4.74 Å². The minimum Gasteiger partial charge on any atom is -0.493 e. The van der Waals surface area contributed by atoms with Gasteiger partial charge in [0.15, 0.2) is 0 Å². The van der Waals surface area contributed by atoms with Crippen molar-refractivity contribution in [2.75, 3.05) is 20.7 Å². The van der Waals surface area contributed by atoms with Gasteiger partial charge in [0.25, 0.3) is 0 Å². The summed E-state index contributed by atoms with van der Waals surface area (Å²) < 4.78 is 18.6. The molecule has 5 nitrogen and oxygen atoms in total. The van der Waals surface area contributed by atoms with Crippen molar-refractivity contribution in [3.8, 4) is 5.75 Å². The number of hydrogen-bond acceptors (Lipinski definition) is 3. The highest BCUT2D eigenvalue weighted by Crippen LogP contribution is 2.21. The van der Waals surface area contributed by atoms with Gasteiger partial charge in [-0.3, -0.25) is 4.79 Å². The molecule has 0 spiro atoms. The molecule has 0 fully saturated rings. The van der Waals surface area contributed by atoms with E-state index in [1.54, 1.807) is 14.1 Å². The predicted molar refractivity (Wildman–Crippen MR) is 76.5 cm³/mol. The molecule has 0 aliphatic rings. The molecule has 0 saturated heterocycles. The molecule has 1 amide bonds. The molecule has 0 bridgehead atoms. The number of nitrogens with zero attached hydrogens (tertiary/aromatic N) is 1. The molecule has 1 aromatic rings. The summed E-state index contributed by atoms with van der Waals surface area (Å²) in [5, 5.41) is 8.60. The van der Waals surface area contributed by atoms with Crippen molar-refractivity contribution in [3.63, 3.8) is 0 Å². The molecule has 0 aliphatic carbocycles. The fourth-order valence-corrected chi connectivity index (χ4v) is 1.57. The third-order valence-electron chi connectivity index (χ3n) is 2.67. The van der Waals surface area contributed by atoms with Crippen LogP contribution in [0, 0.1) is 5.82 Å². The van der Waals surface area contributed by atoms with Crippen molar-refractivity contribution < 1.29 is 23.8 Å². The number of rotatable bonds is 7. The first-order valence-corrected chi connectivity index (χ1v) is 6.43. The SMILES string of the molecule is CN(C)C(=O)CCCOc1ccc(F)cc1/C=C/C(=O)O. The minimum absolute atomic E-state index is 0.00343. The number of carbonyl (C=O) groups excluding carboxylic acids is 1. The number of aliphatic carboxylic acids is 1. The van der Waals surface area contributed by atoms with Crippen LogP contribution in [0.5, 0.6) is 5.75 Å². The molecule has 21 heavy (non-hydrogen) atoms. The van der Waals surface area contributed by atoms with Gasteiger partial charge in [0.05, 0.1) is 6.61 Å². The van der Waals surface area contributed by atoms with Crippen molar-refractivity contribution in [2.24, 2.45) is 0 Å². The molecule has 0 radical (unpaired) electrons. The van der Waals surface area contributed by atoms with Crippen LogP contribution in [-0.2, 0) is 9.59 Å². The predicted octanol–water partition coefficient (Wildman–Crippen LogP) is 2.17. The number of benzene rings is 1. The Hall–Kier alpha value is -2.37. The second kappa shape index (κ2) is 8.04. The first kappa shape index (κ1) is 16.7. The number of amides is 1. The number of carboxylic acid groups (broad SMARTS) is 1. The second-order valence-corrected chi connectivity index (χ2v) is 4.59. The number of halogens is 1. The van der Waals surface area contributed by atoms with Crippen LogP contribution in [0.2, 0.25) is 0 Å². The molecular weight excluding hydrogens is 277 g/mol. The van der Waals surface area contributed by atoms with E-state index in [-0.39, 0.29) is 5.91 Å². The first-order chi connectivity index (χ1) is 9.90. The third-order valence-corrected chi connectivity index (χ3v) is 2.67. The fraction of sp³-hybridized carbons (Fsp3) is 0.333. The molecule has 114 valence electrons. The number of carbonyl (C=O) groups is 2. The molecule has 1 rings (SSSR count). The molecule has 1 N–H and O–H groups in total. The molecule has 1 aromatic carbocycles. The van der Waals surface area contributed by atoms with Crippen LogP contribution in [0.3, 0.4) is 0 Å². The third kappa shape index (κ3) is 6.07. The van der Waals surface area contributed by atoms with E-state index in [2.05, 4.69) is 0 Å². The van der Waals surface area contributed by atoms with Crippen LogP contribution in [0.1, 0.15) is 18.4 Å². The van der Waals surface area contributed by atoms with Gasteiger partial charge in [-0.25, -0.2) is 9.18 Å². The lowest BCUT2D eigenvalue weighted by Crippen LogP contribution is -2.21. The quantitative estimate of drug-likeness (QED) is 0.618. The van der Waals surface area contributed by atoms with E-state index in [1.807, 2.05) is 0 Å². The van der Waals surface area contributed by atoms with Gasteiger partial charge in [0.1, 0.15) is 11.6 Å². The highest BCUT2D eigenvalue weighted by molar-refractivity contribution is 5.85. The Morgan fingerprint density at radius 1 is 1.38 bits per heavy atom. The van der Waals surface area contributed by atoms with Crippen LogP contribution >= 0.6 is 0 Å². The van der Waals surface area contributed by atoms with Gasteiger partial charge in [-0.15, -0.1) is 0 Å². The summed E-state index contributed by atoms with van der Waals surface area (Å²) in [6.45, 7) is 0.291. The van der Waals surface area contributed by atoms with Gasteiger partial charge in [0, 0.05) is 32.2 Å². The number of carboxylic acids is 1. The molecule has 6 heteroatoms. The molecule has 0 heterocycles. The van der Waals surface area contributed by atoms with Gasteiger partial charge < -0.3 is 14.7 Å². The average Bonchev–Trinajstić information content (AvgIpc) is 2.42. The summed E-state index contributed by atoms with van der Waals surface area (Å²) in [5.74, 6) is -1.22. The Labute approximate surface area is 122 Å². The standard InChI is InChI=1S/C15H18FNO4/c1-17(2)14(18)4-3-9-21-13-7-6-12(16)10-11(13)5-8-15(19)20/h5-8,10H,3-4,9H2,1-2H3,(H,19,20)/b8-5+. The maximum atomic E-state index is 13.2. The Kier molecular flexibility index (Phi) is 6.39. The lowest BCUT2D eigenvalue weighted by Gasteiger charge is -2.11. The van der Waals surface area contributed by atoms with E-state index in [9.17, 15) is 14.0 Å². The monoisotopic (exact) mass is 295 g/mol. The van der Waals surface area contributed by atoms with Gasteiger partial charge >= 0.3 is 5.97 Å². The van der Waals surface area contributed by atoms with E-state index < -0.39 is 11.8 Å². The van der Waals surface area contributed by atoms with E-state index in [1.165, 1.54) is 29.2 Å². The average molecular weight is 295 g/mol. The molecule has 0 saturated carbocycles. The van der Waals surface area contributed by atoms with Crippen LogP contribution in [0.25, 0.3) is 6.08 Å². The summed E-state index contributed by atoms with van der Waals surface area (Å²) in [5.41, 5.74) is 0.344. The minimum atomic E-state index is -1.12. The summed E-state index contributed by atoms with van der Waals surface area (Å²) in [7, 11) is 3.36. The smallest absolute Gasteiger partial charge is 0.328 e. The highest BCUT2D eigenvalue weighted by Gasteiger charge is 2.06. The van der Waals surface area contributed by atoms with Crippen molar-refractivity contribution in [3.05, 3.63) is 35.7 Å². The highest BCUT2D eigenvalue weighted by atomic mass is 19.1. The maximum absolute atomic E-state index is 13.2. The topological polar surface area (TPSA) is 66.8 Å². The van der Waals surface area contributed by atoms with Crippen molar-refractivity contribution in [1.82, 2.24) is 4.90 Å². The molecule has 0 unspecified atom stereocenters. The van der Waals surface area contributed by atoms with Crippen LogP contribution in [0.15, 0.2) is 24.3 Å². The largest absolute Gasteiger partial charge is 0.493 e. The lowest BCUT2D eigenvalue weighted by atomic mass is 10.2. The van der Waals surface area contributed by atoms with Crippen molar-refractivity contribution in [1.29, 1.82) is 0 Å². The number of hydrogen-bond donors (Lipinski definition) is 1. The maximum Gasteiger partial charge on any atom is 0.328 e. The zero-order valence-electron chi connectivity index (χ0n) is 12.0. The van der Waals surface area contributed by atoms with E-state index in [4.69, 9.17) is 9.84 Å². The van der Waals surface area contributed by atoms with Crippen LogP contribution in [0.4, 0.5) is 4.39 Å². The van der Waals surface area contributed by atoms with E-state index >= 15 is 0 Å². The molecule has 0 atom stereocenters. The molecule has 0 aromatic heterocycles. The van der Waals surface area contributed by atoms with Crippen molar-refractivity contribution in [2.45, 2.75) is 12.8 Å². The molecule has 0 aliphatic heterocycles. The summed E-state index contributed by atoms with van der Waals surface area (Å²) >= 11 is 0. The van der Waals surface area contributed by atoms with Crippen LogP contribution in [-0.4, -0.2) is 42.6 Å².